The van der Waals surface area contributed by atoms with Gasteiger partial charge in [-0.1, -0.05) is 13.8 Å². The second-order valence-corrected chi connectivity index (χ2v) is 8.40. The first-order chi connectivity index (χ1) is 12.2. The van der Waals surface area contributed by atoms with Crippen molar-refractivity contribution in [2.24, 2.45) is 0 Å². The number of carbonyl (C=O) groups is 1. The van der Waals surface area contributed by atoms with Crippen molar-refractivity contribution < 1.29 is 17.9 Å². The number of hydrogen-bond acceptors (Lipinski definition) is 5. The third-order valence-corrected chi connectivity index (χ3v) is 6.57. The summed E-state index contributed by atoms with van der Waals surface area (Å²) < 4.78 is 33.3. The molecular weight excluding hydrogens is 358 g/mol. The van der Waals surface area contributed by atoms with Crippen molar-refractivity contribution >= 4 is 15.9 Å². The van der Waals surface area contributed by atoms with E-state index in [2.05, 4.69) is 0 Å². The van der Waals surface area contributed by atoms with Crippen molar-refractivity contribution in [2.45, 2.75) is 51.3 Å². The van der Waals surface area contributed by atoms with Crippen molar-refractivity contribution in [3.63, 3.8) is 0 Å². The van der Waals surface area contributed by atoms with Crippen LogP contribution in [0.4, 0.5) is 0 Å². The molecule has 0 saturated carbocycles. The molecule has 26 heavy (non-hydrogen) atoms. The van der Waals surface area contributed by atoms with Gasteiger partial charge >= 0.3 is 0 Å². The molecule has 1 aliphatic rings. The molecule has 1 fully saturated rings. The van der Waals surface area contributed by atoms with Gasteiger partial charge in [0, 0.05) is 31.9 Å². The maximum Gasteiger partial charge on any atom is 0.251 e. The Bertz CT molecular complexity index is 801. The van der Waals surface area contributed by atoms with E-state index >= 15 is 0 Å². The van der Waals surface area contributed by atoms with Crippen LogP contribution in [0.1, 0.15) is 27.7 Å². The molecule has 2 atom stereocenters. The summed E-state index contributed by atoms with van der Waals surface area (Å²) in [6, 6.07) is 2.39. The van der Waals surface area contributed by atoms with Gasteiger partial charge in [0.05, 0.1) is 23.6 Å². The predicted molar refractivity (Wildman–Crippen MR) is 97.4 cm³/mol. The molecule has 2 rings (SSSR count). The van der Waals surface area contributed by atoms with Gasteiger partial charge in [0.2, 0.25) is 15.9 Å². The molecule has 2 unspecified atom stereocenters. The summed E-state index contributed by atoms with van der Waals surface area (Å²) in [5.74, 6) is -0.230. The van der Waals surface area contributed by atoms with Gasteiger partial charge in [-0.05, 0) is 19.9 Å². The molecule has 0 radical (unpaired) electrons. The lowest BCUT2D eigenvalue weighted by Gasteiger charge is -2.37. The average Bonchev–Trinajstić information content (AvgIpc) is 2.59. The Hall–Kier alpha value is -1.71. The Morgan fingerprint density at radius 2 is 1.92 bits per heavy atom. The molecule has 1 aliphatic heterocycles. The number of ether oxygens (including phenoxy) is 1. The summed E-state index contributed by atoms with van der Waals surface area (Å²) in [5.41, 5.74) is -0.411. The Balaban J connectivity index is 2.28. The van der Waals surface area contributed by atoms with E-state index in [1.165, 1.54) is 22.6 Å². The van der Waals surface area contributed by atoms with Crippen LogP contribution in [0.25, 0.3) is 0 Å². The molecule has 8 nitrogen and oxygen atoms in total. The number of nitrogens with zero attached hydrogens (tertiary/aromatic N) is 3. The van der Waals surface area contributed by atoms with Crippen LogP contribution >= 0.6 is 0 Å². The van der Waals surface area contributed by atoms with Crippen LogP contribution in [0.15, 0.2) is 28.0 Å². The number of rotatable bonds is 6. The molecule has 1 amide bonds. The van der Waals surface area contributed by atoms with Crippen LogP contribution in [0.2, 0.25) is 0 Å². The summed E-state index contributed by atoms with van der Waals surface area (Å²) in [6.45, 7) is 8.63. The Labute approximate surface area is 154 Å². The van der Waals surface area contributed by atoms with Crippen molar-refractivity contribution in [3.05, 3.63) is 28.7 Å². The highest BCUT2D eigenvalue weighted by Crippen LogP contribution is 2.15. The highest BCUT2D eigenvalue weighted by molar-refractivity contribution is 7.89. The van der Waals surface area contributed by atoms with Crippen LogP contribution in [0, 0.1) is 0 Å². The van der Waals surface area contributed by atoms with E-state index in [4.69, 9.17) is 4.74 Å². The van der Waals surface area contributed by atoms with Gasteiger partial charge in [-0.15, -0.1) is 0 Å². The first-order valence-corrected chi connectivity index (χ1v) is 10.3. The SMILES string of the molecule is CCN(CC)S(=O)(=O)c1ccc(=O)n(CC(=O)N2CC(C)OCC2C)c1. The first-order valence-electron chi connectivity index (χ1n) is 8.82. The zero-order valence-electron chi connectivity index (χ0n) is 15.7. The minimum Gasteiger partial charge on any atom is -0.375 e. The third kappa shape index (κ3) is 4.33. The number of amides is 1. The van der Waals surface area contributed by atoms with Gasteiger partial charge in [0.15, 0.2) is 0 Å². The normalized spacial score (nSPS) is 21.2. The quantitative estimate of drug-likeness (QED) is 0.712. The smallest absolute Gasteiger partial charge is 0.251 e. The van der Waals surface area contributed by atoms with Crippen LogP contribution < -0.4 is 5.56 Å². The lowest BCUT2D eigenvalue weighted by Crippen LogP contribution is -2.51. The molecule has 146 valence electrons. The molecule has 1 aromatic rings. The topological polar surface area (TPSA) is 88.9 Å². The molecule has 0 aliphatic carbocycles. The Kier molecular flexibility index (Phi) is 6.59. The Morgan fingerprint density at radius 3 is 2.54 bits per heavy atom. The second kappa shape index (κ2) is 8.32. The van der Waals surface area contributed by atoms with Crippen molar-refractivity contribution in [2.75, 3.05) is 26.2 Å². The number of pyridine rings is 1. The van der Waals surface area contributed by atoms with Crippen LogP contribution in [0.5, 0.6) is 0 Å². The summed E-state index contributed by atoms with van der Waals surface area (Å²) in [4.78, 5) is 26.4. The van der Waals surface area contributed by atoms with Crippen LogP contribution in [-0.4, -0.2) is 66.5 Å². The van der Waals surface area contributed by atoms with Gasteiger partial charge in [0.1, 0.15) is 6.54 Å². The number of hydrogen-bond donors (Lipinski definition) is 0. The molecule has 0 bridgehead atoms. The van der Waals surface area contributed by atoms with E-state index < -0.39 is 15.6 Å². The minimum absolute atomic E-state index is 0.0111. The fraction of sp³-hybridized carbons (Fsp3) is 0.647. The van der Waals surface area contributed by atoms with Crippen molar-refractivity contribution in [1.82, 2.24) is 13.8 Å². The number of morpholine rings is 1. The van der Waals surface area contributed by atoms with E-state index in [-0.39, 0.29) is 29.5 Å². The largest absolute Gasteiger partial charge is 0.375 e. The van der Waals surface area contributed by atoms with Gasteiger partial charge in [-0.3, -0.25) is 9.59 Å². The first kappa shape index (κ1) is 20.6. The van der Waals surface area contributed by atoms with Crippen molar-refractivity contribution in [3.8, 4) is 0 Å². The van der Waals surface area contributed by atoms with Crippen LogP contribution in [-0.2, 0) is 26.1 Å². The van der Waals surface area contributed by atoms with E-state index in [9.17, 15) is 18.0 Å². The minimum atomic E-state index is -3.69. The summed E-state index contributed by atoms with van der Waals surface area (Å²) in [6.07, 6.45) is 1.18. The zero-order chi connectivity index (χ0) is 19.5. The van der Waals surface area contributed by atoms with E-state index in [1.807, 2.05) is 13.8 Å². The van der Waals surface area contributed by atoms with Gasteiger partial charge in [0.25, 0.3) is 5.56 Å². The summed E-state index contributed by atoms with van der Waals surface area (Å²) >= 11 is 0. The second-order valence-electron chi connectivity index (χ2n) is 6.46. The molecule has 9 heteroatoms. The average molecular weight is 385 g/mol. The molecule has 0 aromatic carbocycles. The van der Waals surface area contributed by atoms with Crippen molar-refractivity contribution in [1.29, 1.82) is 0 Å². The maximum atomic E-state index is 12.6. The standard InChI is InChI=1S/C17H27N3O5S/c1-5-19(6-2)26(23,24)15-7-8-16(21)18(10-15)11-17(22)20-9-14(4)25-12-13(20)3/h7-8,10,13-14H,5-6,9,11-12H2,1-4H3. The molecule has 0 spiro atoms. The molecule has 0 N–H and O–H groups in total. The monoisotopic (exact) mass is 385 g/mol. The summed E-state index contributed by atoms with van der Waals surface area (Å²) in [7, 11) is -3.69. The molecule has 1 saturated heterocycles. The highest BCUT2D eigenvalue weighted by Gasteiger charge is 2.28. The zero-order valence-corrected chi connectivity index (χ0v) is 16.5. The van der Waals surface area contributed by atoms with E-state index in [0.717, 1.165) is 4.57 Å². The molecule has 1 aromatic heterocycles. The van der Waals surface area contributed by atoms with E-state index in [1.54, 1.807) is 18.7 Å². The van der Waals surface area contributed by atoms with Crippen LogP contribution in [0.3, 0.4) is 0 Å². The predicted octanol–water partition coefficient (Wildman–Crippen LogP) is 0.515. The van der Waals surface area contributed by atoms with Gasteiger partial charge in [-0.2, -0.15) is 4.31 Å². The maximum absolute atomic E-state index is 12.6. The molecule has 2 heterocycles. The fourth-order valence-electron chi connectivity index (χ4n) is 2.99. The third-order valence-electron chi connectivity index (χ3n) is 4.53. The number of sulfonamides is 1. The fourth-order valence-corrected chi connectivity index (χ4v) is 4.46. The lowest BCUT2D eigenvalue weighted by atomic mass is 10.2. The van der Waals surface area contributed by atoms with Gasteiger partial charge in [-0.25, -0.2) is 8.42 Å². The number of carbonyl (C=O) groups excluding carboxylic acids is 1. The highest BCUT2D eigenvalue weighted by atomic mass is 32.2. The lowest BCUT2D eigenvalue weighted by molar-refractivity contribution is -0.143. The van der Waals surface area contributed by atoms with Gasteiger partial charge < -0.3 is 14.2 Å². The Morgan fingerprint density at radius 1 is 1.27 bits per heavy atom. The molecular formula is C17H27N3O5S. The van der Waals surface area contributed by atoms with E-state index in [0.29, 0.717) is 26.2 Å². The number of aromatic nitrogens is 1. The summed E-state index contributed by atoms with van der Waals surface area (Å²) in [5, 5.41) is 0.